The molecule has 2 aromatic rings. The van der Waals surface area contributed by atoms with Gasteiger partial charge in [0.05, 0.1) is 4.92 Å². The molecule has 0 saturated carbocycles. The summed E-state index contributed by atoms with van der Waals surface area (Å²) < 4.78 is 0. The van der Waals surface area contributed by atoms with E-state index >= 15 is 0 Å². The molecule has 1 heterocycles. The Balaban J connectivity index is 2.16. The van der Waals surface area contributed by atoms with Gasteiger partial charge in [0.15, 0.2) is 0 Å². The first-order valence-electron chi connectivity index (χ1n) is 4.95. The van der Waals surface area contributed by atoms with Crippen molar-refractivity contribution in [2.45, 2.75) is 6.92 Å². The molecule has 0 aliphatic heterocycles. The molecule has 2 rings (SSSR count). The zero-order chi connectivity index (χ0) is 12.3. The zero-order valence-corrected chi connectivity index (χ0v) is 9.12. The minimum absolute atomic E-state index is 0.125. The van der Waals surface area contributed by atoms with Crippen molar-refractivity contribution in [2.24, 2.45) is 0 Å². The Kier molecular flexibility index (Phi) is 2.95. The van der Waals surface area contributed by atoms with Gasteiger partial charge < -0.3 is 5.32 Å². The number of rotatable bonds is 3. The molecular formula is C11H10N4O2. The Hall–Kier alpha value is -2.50. The smallest absolute Gasteiger partial charge is 0.305 e. The van der Waals surface area contributed by atoms with Crippen molar-refractivity contribution < 1.29 is 4.92 Å². The molecule has 0 atom stereocenters. The van der Waals surface area contributed by atoms with Crippen LogP contribution in [0, 0.1) is 17.0 Å². The summed E-state index contributed by atoms with van der Waals surface area (Å²) in [5.41, 5.74) is 1.83. The van der Waals surface area contributed by atoms with E-state index < -0.39 is 4.92 Å². The quantitative estimate of drug-likeness (QED) is 0.646. The molecule has 1 N–H and O–H groups in total. The lowest BCUT2D eigenvalue weighted by Gasteiger charge is -2.04. The molecule has 0 unspecified atom stereocenters. The van der Waals surface area contributed by atoms with Crippen LogP contribution in [0.4, 0.5) is 17.3 Å². The van der Waals surface area contributed by atoms with Crippen LogP contribution in [-0.2, 0) is 0 Å². The number of anilines is 2. The zero-order valence-electron chi connectivity index (χ0n) is 9.12. The van der Waals surface area contributed by atoms with Crippen LogP contribution >= 0.6 is 0 Å². The van der Waals surface area contributed by atoms with E-state index in [0.717, 1.165) is 11.3 Å². The highest BCUT2D eigenvalue weighted by Gasteiger charge is 2.06. The van der Waals surface area contributed by atoms with Gasteiger partial charge in [-0.25, -0.2) is 9.97 Å². The Morgan fingerprint density at radius 3 is 2.59 bits per heavy atom. The van der Waals surface area contributed by atoms with E-state index in [9.17, 15) is 10.1 Å². The van der Waals surface area contributed by atoms with Crippen LogP contribution in [0.15, 0.2) is 36.7 Å². The monoisotopic (exact) mass is 230 g/mol. The Morgan fingerprint density at radius 1 is 1.29 bits per heavy atom. The lowest BCUT2D eigenvalue weighted by Crippen LogP contribution is -1.98. The van der Waals surface area contributed by atoms with Crippen LogP contribution in [0.25, 0.3) is 0 Å². The standard InChI is InChI=1S/C11H10N4O2/c1-8-3-2-4-9(5-8)14-11-12-6-10(7-13-11)15(16)17/h2-7H,1H3,(H,12,13,14). The Morgan fingerprint density at radius 2 is 2.00 bits per heavy atom. The predicted molar refractivity (Wildman–Crippen MR) is 63.1 cm³/mol. The molecule has 6 heteroatoms. The van der Waals surface area contributed by atoms with Gasteiger partial charge in [0.25, 0.3) is 0 Å². The first-order chi connectivity index (χ1) is 8.15. The number of aromatic nitrogens is 2. The summed E-state index contributed by atoms with van der Waals surface area (Å²) >= 11 is 0. The number of hydrogen-bond acceptors (Lipinski definition) is 5. The predicted octanol–water partition coefficient (Wildman–Crippen LogP) is 2.44. The number of nitrogens with zero attached hydrogens (tertiary/aromatic N) is 3. The van der Waals surface area contributed by atoms with Gasteiger partial charge >= 0.3 is 5.69 Å². The van der Waals surface area contributed by atoms with Crippen LogP contribution in [0.1, 0.15) is 5.56 Å². The molecule has 0 aliphatic carbocycles. The fourth-order valence-corrected chi connectivity index (χ4v) is 1.33. The van der Waals surface area contributed by atoms with Gasteiger partial charge in [-0.05, 0) is 24.6 Å². The highest BCUT2D eigenvalue weighted by atomic mass is 16.6. The molecule has 0 saturated heterocycles. The van der Waals surface area contributed by atoms with Gasteiger partial charge in [-0.1, -0.05) is 12.1 Å². The summed E-state index contributed by atoms with van der Waals surface area (Å²) in [6.07, 6.45) is 2.34. The molecule has 86 valence electrons. The normalized spacial score (nSPS) is 9.94. The maximum Gasteiger partial charge on any atom is 0.305 e. The third kappa shape index (κ3) is 2.75. The van der Waals surface area contributed by atoms with E-state index in [0.29, 0.717) is 5.95 Å². The van der Waals surface area contributed by atoms with Crippen LogP contribution in [0.2, 0.25) is 0 Å². The molecule has 17 heavy (non-hydrogen) atoms. The molecule has 0 fully saturated rings. The van der Waals surface area contributed by atoms with Gasteiger partial charge in [0.2, 0.25) is 5.95 Å². The first kappa shape index (κ1) is 11.0. The fourth-order valence-electron chi connectivity index (χ4n) is 1.33. The van der Waals surface area contributed by atoms with E-state index in [-0.39, 0.29) is 5.69 Å². The van der Waals surface area contributed by atoms with Gasteiger partial charge in [-0.15, -0.1) is 0 Å². The molecule has 1 aromatic carbocycles. The second kappa shape index (κ2) is 4.56. The van der Waals surface area contributed by atoms with Gasteiger partial charge in [0.1, 0.15) is 12.4 Å². The average Bonchev–Trinajstić information content (AvgIpc) is 2.29. The van der Waals surface area contributed by atoms with Crippen molar-refractivity contribution in [1.29, 1.82) is 0 Å². The number of hydrogen-bond donors (Lipinski definition) is 1. The fraction of sp³-hybridized carbons (Fsp3) is 0.0909. The molecule has 0 radical (unpaired) electrons. The van der Waals surface area contributed by atoms with Gasteiger partial charge in [-0.3, -0.25) is 10.1 Å². The van der Waals surface area contributed by atoms with Crippen molar-refractivity contribution in [3.8, 4) is 0 Å². The first-order valence-corrected chi connectivity index (χ1v) is 4.95. The highest BCUT2D eigenvalue weighted by Crippen LogP contribution is 2.15. The summed E-state index contributed by atoms with van der Waals surface area (Å²) in [6.45, 7) is 1.97. The van der Waals surface area contributed by atoms with E-state index in [1.54, 1.807) is 0 Å². The van der Waals surface area contributed by atoms with Crippen LogP contribution in [0.3, 0.4) is 0 Å². The minimum Gasteiger partial charge on any atom is -0.324 e. The molecule has 0 amide bonds. The molecule has 1 aromatic heterocycles. The average molecular weight is 230 g/mol. The summed E-state index contributed by atoms with van der Waals surface area (Å²) in [5, 5.41) is 13.4. The number of benzene rings is 1. The minimum atomic E-state index is -0.531. The number of nitro groups is 1. The van der Waals surface area contributed by atoms with E-state index in [1.807, 2.05) is 31.2 Å². The van der Waals surface area contributed by atoms with Gasteiger partial charge in [-0.2, -0.15) is 0 Å². The molecule has 0 spiro atoms. The van der Waals surface area contributed by atoms with Crippen molar-refractivity contribution in [2.75, 3.05) is 5.32 Å². The highest BCUT2D eigenvalue weighted by molar-refractivity contribution is 5.54. The summed E-state index contributed by atoms with van der Waals surface area (Å²) in [7, 11) is 0. The maximum absolute atomic E-state index is 10.4. The largest absolute Gasteiger partial charge is 0.324 e. The van der Waals surface area contributed by atoms with Crippen LogP contribution in [0.5, 0.6) is 0 Å². The van der Waals surface area contributed by atoms with Crippen molar-refractivity contribution in [1.82, 2.24) is 9.97 Å². The summed E-state index contributed by atoms with van der Waals surface area (Å²) in [5.74, 6) is 0.334. The maximum atomic E-state index is 10.4. The Bertz CT molecular complexity index is 539. The van der Waals surface area contributed by atoms with Crippen molar-refractivity contribution in [3.05, 3.63) is 52.3 Å². The third-order valence-electron chi connectivity index (χ3n) is 2.12. The summed E-state index contributed by atoms with van der Waals surface area (Å²) in [6, 6.07) is 7.69. The van der Waals surface area contributed by atoms with Crippen molar-refractivity contribution >= 4 is 17.3 Å². The van der Waals surface area contributed by atoms with Gasteiger partial charge in [0, 0.05) is 5.69 Å². The third-order valence-corrected chi connectivity index (χ3v) is 2.12. The lowest BCUT2D eigenvalue weighted by atomic mass is 10.2. The molecular weight excluding hydrogens is 220 g/mol. The second-order valence-electron chi connectivity index (χ2n) is 3.52. The van der Waals surface area contributed by atoms with Crippen molar-refractivity contribution in [3.63, 3.8) is 0 Å². The second-order valence-corrected chi connectivity index (χ2v) is 3.52. The van der Waals surface area contributed by atoms with Crippen LogP contribution < -0.4 is 5.32 Å². The van der Waals surface area contributed by atoms with E-state index in [2.05, 4.69) is 15.3 Å². The van der Waals surface area contributed by atoms with E-state index in [1.165, 1.54) is 12.4 Å². The molecule has 6 nitrogen and oxygen atoms in total. The number of nitrogens with one attached hydrogen (secondary N) is 1. The molecule has 0 aliphatic rings. The van der Waals surface area contributed by atoms with Crippen LogP contribution in [-0.4, -0.2) is 14.9 Å². The summed E-state index contributed by atoms with van der Waals surface area (Å²) in [4.78, 5) is 17.6. The lowest BCUT2D eigenvalue weighted by molar-refractivity contribution is -0.385. The SMILES string of the molecule is Cc1cccc(Nc2ncc([N+](=O)[O-])cn2)c1. The molecule has 0 bridgehead atoms. The number of aryl methyl sites for hydroxylation is 1. The topological polar surface area (TPSA) is 81.0 Å². The van der Waals surface area contributed by atoms with E-state index in [4.69, 9.17) is 0 Å². The Labute approximate surface area is 97.5 Å².